The predicted octanol–water partition coefficient (Wildman–Crippen LogP) is 7.32. The van der Waals surface area contributed by atoms with E-state index in [2.05, 4.69) is 16.2 Å². The van der Waals surface area contributed by atoms with E-state index < -0.39 is 0 Å². The Bertz CT molecular complexity index is 1980. The van der Waals surface area contributed by atoms with E-state index in [0.717, 1.165) is 33.8 Å². The molecule has 6 aromatic rings. The highest BCUT2D eigenvalue weighted by Crippen LogP contribution is 2.29. The van der Waals surface area contributed by atoms with Crippen molar-refractivity contribution < 1.29 is 9.15 Å². The van der Waals surface area contributed by atoms with Gasteiger partial charge < -0.3 is 13.7 Å². The molecule has 198 valence electrons. The topological polar surface area (TPSA) is 74.6 Å². The number of aryl methyl sites for hydroxylation is 1. The number of rotatable bonds is 7. The zero-order valence-electron chi connectivity index (χ0n) is 22.0. The second kappa shape index (κ2) is 10.4. The number of hydrogen-bond acceptors (Lipinski definition) is 5. The summed E-state index contributed by atoms with van der Waals surface area (Å²) < 4.78 is 15.1. The standard InChI is InChI=1S/C32H25ClN4O3/c1-4-15-39-26-12-10-25(11-13-26)36-20(2)16-23(21(36)3)19-34-37-31(35-28-8-6-5-7-27(28)32(37)38)30-18-22-17-24(33)9-14-29(22)40-30/h4-14,16-19H,1,15H2,2-3H3. The molecule has 7 nitrogen and oxygen atoms in total. The van der Waals surface area contributed by atoms with E-state index in [1.54, 1.807) is 36.6 Å². The van der Waals surface area contributed by atoms with Crippen LogP contribution in [0.4, 0.5) is 0 Å². The van der Waals surface area contributed by atoms with Crippen molar-refractivity contribution in [2.24, 2.45) is 5.10 Å². The zero-order valence-corrected chi connectivity index (χ0v) is 22.7. The molecule has 3 heterocycles. The highest BCUT2D eigenvalue weighted by molar-refractivity contribution is 6.31. The number of halogens is 1. The van der Waals surface area contributed by atoms with Crippen molar-refractivity contribution in [2.45, 2.75) is 13.8 Å². The fraction of sp³-hybridized carbons (Fsp3) is 0.0938. The van der Waals surface area contributed by atoms with Crippen LogP contribution in [0.3, 0.4) is 0 Å². The van der Waals surface area contributed by atoms with Gasteiger partial charge in [-0.05, 0) is 80.6 Å². The molecule has 0 amide bonds. The molecule has 0 saturated heterocycles. The maximum atomic E-state index is 13.6. The van der Waals surface area contributed by atoms with Crippen molar-refractivity contribution in [2.75, 3.05) is 6.61 Å². The normalized spacial score (nSPS) is 11.6. The van der Waals surface area contributed by atoms with E-state index in [-0.39, 0.29) is 5.56 Å². The summed E-state index contributed by atoms with van der Waals surface area (Å²) in [4.78, 5) is 18.4. The van der Waals surface area contributed by atoms with Gasteiger partial charge in [0.25, 0.3) is 5.56 Å². The average Bonchev–Trinajstić information content (AvgIpc) is 3.50. The smallest absolute Gasteiger partial charge is 0.282 e. The number of furan rings is 1. The summed E-state index contributed by atoms with van der Waals surface area (Å²) >= 11 is 6.18. The Kier molecular flexibility index (Phi) is 6.58. The molecule has 0 aliphatic rings. The quantitative estimate of drug-likeness (QED) is 0.155. The van der Waals surface area contributed by atoms with Crippen molar-refractivity contribution >= 4 is 39.7 Å². The second-order valence-corrected chi connectivity index (χ2v) is 9.80. The van der Waals surface area contributed by atoms with Crippen LogP contribution >= 0.6 is 11.6 Å². The van der Waals surface area contributed by atoms with Gasteiger partial charge >= 0.3 is 0 Å². The molecule has 40 heavy (non-hydrogen) atoms. The van der Waals surface area contributed by atoms with Crippen molar-refractivity contribution in [1.29, 1.82) is 0 Å². The fourth-order valence-electron chi connectivity index (χ4n) is 4.80. The average molecular weight is 549 g/mol. The van der Waals surface area contributed by atoms with E-state index in [9.17, 15) is 4.79 Å². The molecule has 0 atom stereocenters. The molecular weight excluding hydrogens is 524 g/mol. The third-order valence-electron chi connectivity index (χ3n) is 6.70. The number of ether oxygens (including phenoxy) is 1. The van der Waals surface area contributed by atoms with Gasteiger partial charge in [0, 0.05) is 33.0 Å². The van der Waals surface area contributed by atoms with Crippen LogP contribution in [0, 0.1) is 13.8 Å². The molecule has 0 spiro atoms. The van der Waals surface area contributed by atoms with Crippen LogP contribution in [0.15, 0.2) is 106 Å². The van der Waals surface area contributed by atoms with Gasteiger partial charge in [0.1, 0.15) is 17.9 Å². The summed E-state index contributed by atoms with van der Waals surface area (Å²) in [6, 6.07) is 24.3. The van der Waals surface area contributed by atoms with E-state index >= 15 is 0 Å². The molecule has 0 unspecified atom stereocenters. The van der Waals surface area contributed by atoms with Crippen molar-refractivity contribution in [3.8, 4) is 23.0 Å². The summed E-state index contributed by atoms with van der Waals surface area (Å²) in [6.45, 7) is 8.18. The molecule has 0 aliphatic heterocycles. The van der Waals surface area contributed by atoms with Gasteiger partial charge in [-0.15, -0.1) is 0 Å². The Morgan fingerprint density at radius 1 is 1.05 bits per heavy atom. The zero-order chi connectivity index (χ0) is 27.8. The lowest BCUT2D eigenvalue weighted by Gasteiger charge is -2.11. The molecular formula is C32H25ClN4O3. The highest BCUT2D eigenvalue weighted by atomic mass is 35.5. The molecule has 3 aromatic heterocycles. The second-order valence-electron chi connectivity index (χ2n) is 9.36. The molecule has 0 fully saturated rings. The van der Waals surface area contributed by atoms with Crippen LogP contribution in [0.2, 0.25) is 5.02 Å². The van der Waals surface area contributed by atoms with Crippen molar-refractivity contribution in [3.63, 3.8) is 0 Å². The highest BCUT2D eigenvalue weighted by Gasteiger charge is 2.17. The van der Waals surface area contributed by atoms with Crippen LogP contribution in [0.25, 0.3) is 39.1 Å². The Morgan fingerprint density at radius 3 is 2.65 bits per heavy atom. The molecule has 3 aromatic carbocycles. The van der Waals surface area contributed by atoms with E-state index in [0.29, 0.717) is 39.7 Å². The minimum absolute atomic E-state index is 0.292. The number of aromatic nitrogens is 3. The maximum absolute atomic E-state index is 13.6. The number of hydrogen-bond donors (Lipinski definition) is 0. The van der Waals surface area contributed by atoms with Crippen LogP contribution in [-0.4, -0.2) is 27.0 Å². The minimum Gasteiger partial charge on any atom is -0.490 e. The summed E-state index contributed by atoms with van der Waals surface area (Å²) in [5.41, 5.74) is 4.77. The monoisotopic (exact) mass is 548 g/mol. The third-order valence-corrected chi connectivity index (χ3v) is 6.93. The van der Waals surface area contributed by atoms with E-state index in [1.807, 2.05) is 68.4 Å². The molecule has 0 aliphatic carbocycles. The van der Waals surface area contributed by atoms with Gasteiger partial charge in [0.2, 0.25) is 5.82 Å². The van der Waals surface area contributed by atoms with Crippen LogP contribution in [-0.2, 0) is 0 Å². The van der Waals surface area contributed by atoms with E-state index in [1.165, 1.54) is 4.68 Å². The molecule has 0 N–H and O–H groups in total. The number of fused-ring (bicyclic) bond motifs is 2. The van der Waals surface area contributed by atoms with Crippen molar-refractivity contribution in [3.05, 3.63) is 124 Å². The first-order chi connectivity index (χ1) is 19.4. The lowest BCUT2D eigenvalue weighted by Crippen LogP contribution is -2.20. The first-order valence-corrected chi connectivity index (χ1v) is 13.1. The fourth-order valence-corrected chi connectivity index (χ4v) is 4.98. The SMILES string of the molecule is C=CCOc1ccc(-n2c(C)cc(C=Nn3c(-c4cc5cc(Cl)ccc5o4)nc4ccccc4c3=O)c2C)cc1. The summed E-state index contributed by atoms with van der Waals surface area (Å²) in [5, 5.41) is 6.50. The molecule has 0 radical (unpaired) electrons. The number of para-hydroxylation sites is 1. The Labute approximate surface area is 235 Å². The third kappa shape index (κ3) is 4.61. The van der Waals surface area contributed by atoms with Gasteiger partial charge in [-0.2, -0.15) is 9.78 Å². The van der Waals surface area contributed by atoms with Crippen LogP contribution in [0.5, 0.6) is 5.75 Å². The van der Waals surface area contributed by atoms with Gasteiger partial charge in [-0.25, -0.2) is 4.98 Å². The Morgan fingerprint density at radius 2 is 1.85 bits per heavy atom. The largest absolute Gasteiger partial charge is 0.490 e. The van der Waals surface area contributed by atoms with Gasteiger partial charge in [0.05, 0.1) is 17.1 Å². The molecule has 0 bridgehead atoms. The van der Waals surface area contributed by atoms with Crippen molar-refractivity contribution in [1.82, 2.24) is 14.2 Å². The van der Waals surface area contributed by atoms with Gasteiger partial charge in [0.15, 0.2) is 5.76 Å². The lowest BCUT2D eigenvalue weighted by atomic mass is 10.2. The number of benzene rings is 3. The lowest BCUT2D eigenvalue weighted by molar-refractivity contribution is 0.363. The predicted molar refractivity (Wildman–Crippen MR) is 160 cm³/mol. The minimum atomic E-state index is -0.292. The van der Waals surface area contributed by atoms with Gasteiger partial charge in [-0.3, -0.25) is 4.79 Å². The molecule has 0 saturated carbocycles. The summed E-state index contributed by atoms with van der Waals surface area (Å²) in [7, 11) is 0. The Balaban J connectivity index is 1.44. The van der Waals surface area contributed by atoms with Crippen LogP contribution in [0.1, 0.15) is 17.0 Å². The van der Waals surface area contributed by atoms with E-state index in [4.69, 9.17) is 25.7 Å². The van der Waals surface area contributed by atoms with Crippen LogP contribution < -0.4 is 10.3 Å². The number of nitrogens with zero attached hydrogens (tertiary/aromatic N) is 4. The van der Waals surface area contributed by atoms with Gasteiger partial charge in [-0.1, -0.05) is 36.4 Å². The summed E-state index contributed by atoms with van der Waals surface area (Å²) in [6.07, 6.45) is 3.40. The molecule has 6 rings (SSSR count). The maximum Gasteiger partial charge on any atom is 0.282 e. The first kappa shape index (κ1) is 25.4. The Hall–Kier alpha value is -4.88. The first-order valence-electron chi connectivity index (χ1n) is 12.7. The summed E-state index contributed by atoms with van der Waals surface area (Å²) in [5.74, 6) is 1.49. The molecule has 8 heteroatoms.